The van der Waals surface area contributed by atoms with E-state index in [2.05, 4.69) is 0 Å². The Morgan fingerprint density at radius 3 is 1.15 bits per heavy atom. The molecule has 0 aromatic rings. The second-order valence-electron chi connectivity index (χ2n) is 4.58. The molecule has 0 saturated heterocycles. The Morgan fingerprint density at radius 1 is 0.654 bits per heavy atom. The molecule has 0 heterocycles. The average molecular weight is 468 g/mol. The first-order valence-corrected chi connectivity index (χ1v) is 6.83. The third-order valence-electron chi connectivity index (χ3n) is 2.92. The number of hydrogen-bond acceptors (Lipinski definition) is 2. The second-order valence-corrected chi connectivity index (χ2v) is 6.31. The third kappa shape index (κ3) is 4.14. The molecule has 0 aromatic heterocycles. The van der Waals surface area contributed by atoms with Crippen molar-refractivity contribution in [3.8, 4) is 0 Å². The summed E-state index contributed by atoms with van der Waals surface area (Å²) >= 11 is 0. The molecular weight excluding hydrogens is 462 g/mol. The summed E-state index contributed by atoms with van der Waals surface area (Å²) in [6.45, 7) is -0.598. The van der Waals surface area contributed by atoms with Gasteiger partial charge in [-0.2, -0.15) is 65.5 Å². The molecule has 0 aromatic carbocycles. The van der Waals surface area contributed by atoms with E-state index in [1.165, 1.54) is 0 Å². The molecule has 1 N–H and O–H groups in total. The zero-order valence-electron chi connectivity index (χ0n) is 11.2. The normalized spacial score (nSPS) is 16.9. The fourth-order valence-corrected chi connectivity index (χ4v) is 1.75. The molecule has 0 spiro atoms. The number of alkyl halides is 13. The summed E-state index contributed by atoms with van der Waals surface area (Å²) in [5.41, 5.74) is 0. The van der Waals surface area contributed by atoms with Crippen molar-refractivity contribution in [2.45, 2.75) is 48.0 Å². The molecule has 0 fully saturated rings. The van der Waals surface area contributed by atoms with Gasteiger partial charge in [0.1, 0.15) is 0 Å². The van der Waals surface area contributed by atoms with Crippen molar-refractivity contribution in [2.75, 3.05) is 0 Å². The summed E-state index contributed by atoms with van der Waals surface area (Å²) in [6, 6.07) is 0. The molecule has 1 atom stereocenters. The van der Waals surface area contributed by atoms with Gasteiger partial charge in [-0.1, -0.05) is 0 Å². The molecule has 0 aliphatic carbocycles. The fourth-order valence-electron chi connectivity index (χ4n) is 1.22. The van der Waals surface area contributed by atoms with E-state index < -0.39 is 58.1 Å². The van der Waals surface area contributed by atoms with Gasteiger partial charge in [0.05, 0.1) is 0 Å². The predicted octanol–water partition coefficient (Wildman–Crippen LogP) is 3.35. The first-order valence-electron chi connectivity index (χ1n) is 5.32. The molecule has 0 bridgehead atoms. The van der Waals surface area contributed by atoms with Crippen LogP contribution in [-0.4, -0.2) is 105 Å². The number of hydrogen-bond donors (Lipinski definition) is 1. The van der Waals surface area contributed by atoms with Crippen LogP contribution in [0.1, 0.15) is 6.92 Å². The van der Waals surface area contributed by atoms with Crippen molar-refractivity contribution in [2.24, 2.45) is 0 Å². The van der Waals surface area contributed by atoms with Gasteiger partial charge in [0, 0.05) is 0 Å². The fraction of sp³-hybridized carbons (Fsp3) is 1.00. The standard InChI is InChI=1S/C8H5F13O3S.K.H/c1-2(25(22,23)24)3(9,10)4(11,12)5(13,14)6(15,16)7(17,18)8(19,20)21;;/h2H,1H3,(H,22,23,24);;. The van der Waals surface area contributed by atoms with Gasteiger partial charge in [-0.05, 0) is 6.92 Å². The Hall–Kier alpha value is 0.636. The van der Waals surface area contributed by atoms with Crippen LogP contribution in [0.15, 0.2) is 0 Å². The number of rotatable bonds is 6. The molecule has 0 amide bonds. The van der Waals surface area contributed by atoms with Crippen molar-refractivity contribution in [3.63, 3.8) is 0 Å². The summed E-state index contributed by atoms with van der Waals surface area (Å²) in [4.78, 5) is 0. The first kappa shape index (κ1) is 28.8. The van der Waals surface area contributed by atoms with Gasteiger partial charge in [0.25, 0.3) is 10.1 Å². The summed E-state index contributed by atoms with van der Waals surface area (Å²) in [7, 11) is -6.33. The molecule has 1 unspecified atom stereocenters. The molecule has 26 heavy (non-hydrogen) atoms. The maximum absolute atomic E-state index is 13.2. The van der Waals surface area contributed by atoms with Crippen molar-refractivity contribution in [3.05, 3.63) is 0 Å². The monoisotopic (exact) mass is 468 g/mol. The van der Waals surface area contributed by atoms with Crippen molar-refractivity contribution in [1.29, 1.82) is 0 Å². The minimum atomic E-state index is -8.12. The summed E-state index contributed by atoms with van der Waals surface area (Å²) < 4.78 is 193. The van der Waals surface area contributed by atoms with Crippen LogP contribution in [0.25, 0.3) is 0 Å². The maximum atomic E-state index is 13.2. The Balaban J connectivity index is 0. The van der Waals surface area contributed by atoms with Crippen LogP contribution >= 0.6 is 0 Å². The summed E-state index contributed by atoms with van der Waals surface area (Å²) in [5, 5.41) is -4.27. The Bertz CT molecular complexity index is 611. The van der Waals surface area contributed by atoms with E-state index in [0.717, 1.165) is 0 Å². The van der Waals surface area contributed by atoms with Crippen LogP contribution in [-0.2, 0) is 10.1 Å². The Labute approximate surface area is 178 Å². The van der Waals surface area contributed by atoms with Gasteiger partial charge >= 0.3 is 87.2 Å². The van der Waals surface area contributed by atoms with Crippen LogP contribution in [0.4, 0.5) is 57.1 Å². The number of halogens is 13. The first-order chi connectivity index (χ1) is 10.4. The SMILES string of the molecule is CC(C(F)(F)C(F)(F)C(F)(F)C(F)(F)C(F)(F)C(F)(F)F)S(=O)(=O)O.[KH]. The Morgan fingerprint density at radius 2 is 0.923 bits per heavy atom. The van der Waals surface area contributed by atoms with Gasteiger partial charge in [-0.15, -0.1) is 0 Å². The van der Waals surface area contributed by atoms with E-state index in [0.29, 0.717) is 0 Å². The predicted molar refractivity (Wildman–Crippen MR) is 58.9 cm³/mol. The molecule has 0 aliphatic rings. The molecule has 18 heteroatoms. The molecule has 3 nitrogen and oxygen atoms in total. The summed E-state index contributed by atoms with van der Waals surface area (Å²) in [5.74, 6) is -38.8. The van der Waals surface area contributed by atoms with Gasteiger partial charge in [-0.25, -0.2) is 0 Å². The van der Waals surface area contributed by atoms with Crippen LogP contribution in [0.5, 0.6) is 0 Å². The van der Waals surface area contributed by atoms with Crippen LogP contribution < -0.4 is 0 Å². The van der Waals surface area contributed by atoms with Gasteiger partial charge < -0.3 is 0 Å². The minimum absolute atomic E-state index is 0. The van der Waals surface area contributed by atoms with E-state index >= 15 is 0 Å². The van der Waals surface area contributed by atoms with Crippen LogP contribution in [0.3, 0.4) is 0 Å². The average Bonchev–Trinajstić information content (AvgIpc) is 2.34. The zero-order valence-corrected chi connectivity index (χ0v) is 12.0. The third-order valence-corrected chi connectivity index (χ3v) is 4.10. The van der Waals surface area contributed by atoms with Crippen LogP contribution in [0, 0.1) is 0 Å². The van der Waals surface area contributed by atoms with Crippen molar-refractivity contribution < 1.29 is 70.0 Å². The van der Waals surface area contributed by atoms with Gasteiger partial charge in [0.15, 0.2) is 5.25 Å². The van der Waals surface area contributed by atoms with Gasteiger partial charge in [0.2, 0.25) is 0 Å². The van der Waals surface area contributed by atoms with Gasteiger partial charge in [-0.3, -0.25) is 4.55 Å². The quantitative estimate of drug-likeness (QED) is 0.370. The van der Waals surface area contributed by atoms with E-state index in [-0.39, 0.29) is 51.4 Å². The topological polar surface area (TPSA) is 54.4 Å². The molecule has 0 radical (unpaired) electrons. The molecular formula is C8H6F13KO3S. The van der Waals surface area contributed by atoms with Crippen molar-refractivity contribution >= 4 is 61.5 Å². The van der Waals surface area contributed by atoms with E-state index in [4.69, 9.17) is 4.55 Å². The van der Waals surface area contributed by atoms with E-state index in [1.54, 1.807) is 0 Å². The Kier molecular flexibility index (Phi) is 8.29. The zero-order chi connectivity index (χ0) is 21.1. The van der Waals surface area contributed by atoms with E-state index in [9.17, 15) is 65.5 Å². The molecule has 154 valence electrons. The second kappa shape index (κ2) is 7.47. The molecule has 0 rings (SSSR count). The molecule has 0 saturated carbocycles. The van der Waals surface area contributed by atoms with Crippen molar-refractivity contribution in [1.82, 2.24) is 0 Å². The summed E-state index contributed by atoms with van der Waals surface area (Å²) in [6.07, 6.45) is -7.56. The molecule has 0 aliphatic heterocycles. The van der Waals surface area contributed by atoms with E-state index in [1.807, 2.05) is 0 Å². The van der Waals surface area contributed by atoms with Crippen LogP contribution in [0.2, 0.25) is 0 Å².